The van der Waals surface area contributed by atoms with Gasteiger partial charge in [0, 0.05) is 11.4 Å². The van der Waals surface area contributed by atoms with E-state index in [2.05, 4.69) is 30.8 Å². The molecule has 0 unspecified atom stereocenters. The number of hydrogen-bond acceptors (Lipinski definition) is 4. The number of nitrogens with one attached hydrogen (secondary N) is 2. The minimum Gasteiger partial charge on any atom is -0.395 e. The van der Waals surface area contributed by atoms with Crippen molar-refractivity contribution in [1.82, 2.24) is 0 Å². The van der Waals surface area contributed by atoms with E-state index in [1.165, 1.54) is 0 Å². The number of hydrogen-bond donors (Lipinski definition) is 3. The van der Waals surface area contributed by atoms with Crippen molar-refractivity contribution in [3.63, 3.8) is 0 Å². The van der Waals surface area contributed by atoms with Crippen molar-refractivity contribution in [3.8, 4) is 0 Å². The van der Waals surface area contributed by atoms with Crippen molar-refractivity contribution >= 4 is 27.3 Å². The molecule has 1 amide bonds. The summed E-state index contributed by atoms with van der Waals surface area (Å²) in [4.78, 5) is 12.3. The van der Waals surface area contributed by atoms with Crippen LogP contribution in [0.1, 0.15) is 46.6 Å². The molecule has 6 nitrogen and oxygen atoms in total. The first-order chi connectivity index (χ1) is 13.4. The summed E-state index contributed by atoms with van der Waals surface area (Å²) < 4.78 is 27.9. The highest BCUT2D eigenvalue weighted by Crippen LogP contribution is 2.28. The van der Waals surface area contributed by atoms with Crippen molar-refractivity contribution in [2.45, 2.75) is 51.3 Å². The fraction of sp³-hybridized carbons (Fsp3) is 0.409. The molecule has 0 aromatic heterocycles. The van der Waals surface area contributed by atoms with E-state index in [0.29, 0.717) is 11.4 Å². The Morgan fingerprint density at radius 3 is 1.93 bits per heavy atom. The second-order valence-electron chi connectivity index (χ2n) is 8.44. The fourth-order valence-corrected chi connectivity index (χ4v) is 3.56. The maximum Gasteiger partial charge on any atom is 0.261 e. The molecule has 0 spiro atoms. The zero-order valence-corrected chi connectivity index (χ0v) is 18.4. The van der Waals surface area contributed by atoms with Gasteiger partial charge in [0.05, 0.1) is 16.9 Å². The van der Waals surface area contributed by atoms with Crippen LogP contribution in [0.3, 0.4) is 0 Å². The molecule has 0 fully saturated rings. The molecular formula is C22H30N2O4S. The standard InChI is InChI=1S/C22H30N2O4S/c1-6-21(2,3)16-7-13-19(14-8-16)29(27,28)24-18-11-9-17(10-12-18)23-20(26)22(4,5)15-25/h7-14,24-25H,6,15H2,1-5H3,(H,23,26). The lowest BCUT2D eigenvalue weighted by Crippen LogP contribution is -2.33. The van der Waals surface area contributed by atoms with E-state index in [4.69, 9.17) is 0 Å². The first-order valence-corrected chi connectivity index (χ1v) is 11.1. The largest absolute Gasteiger partial charge is 0.395 e. The van der Waals surface area contributed by atoms with Crippen LogP contribution >= 0.6 is 0 Å². The van der Waals surface area contributed by atoms with Gasteiger partial charge in [0.25, 0.3) is 10.0 Å². The Balaban J connectivity index is 2.12. The molecule has 0 saturated carbocycles. The molecule has 0 atom stereocenters. The predicted molar refractivity (Wildman–Crippen MR) is 117 cm³/mol. The molecule has 2 aromatic rings. The molecule has 2 aromatic carbocycles. The van der Waals surface area contributed by atoms with E-state index in [-0.39, 0.29) is 22.8 Å². The summed E-state index contributed by atoms with van der Waals surface area (Å²) in [5, 5.41) is 12.0. The van der Waals surface area contributed by atoms with E-state index in [9.17, 15) is 18.3 Å². The zero-order chi connectivity index (χ0) is 21.9. The SMILES string of the molecule is CCC(C)(C)c1ccc(S(=O)(=O)Nc2ccc(NC(=O)C(C)(C)CO)cc2)cc1. The minimum atomic E-state index is -3.72. The minimum absolute atomic E-state index is 0.0133. The van der Waals surface area contributed by atoms with E-state index in [1.807, 2.05) is 12.1 Å². The third-order valence-corrected chi connectivity index (χ3v) is 6.63. The van der Waals surface area contributed by atoms with Gasteiger partial charge < -0.3 is 10.4 Å². The monoisotopic (exact) mass is 418 g/mol. The van der Waals surface area contributed by atoms with Crippen LogP contribution in [0, 0.1) is 5.41 Å². The Bertz CT molecular complexity index is 947. The van der Waals surface area contributed by atoms with Crippen molar-refractivity contribution in [2.75, 3.05) is 16.6 Å². The number of rotatable bonds is 8. The van der Waals surface area contributed by atoms with Gasteiger partial charge in [0.1, 0.15) is 0 Å². The molecule has 29 heavy (non-hydrogen) atoms. The molecule has 158 valence electrons. The summed E-state index contributed by atoms with van der Waals surface area (Å²) >= 11 is 0. The Hall–Kier alpha value is -2.38. The van der Waals surface area contributed by atoms with Crippen LogP contribution in [-0.4, -0.2) is 26.0 Å². The quantitative estimate of drug-likeness (QED) is 0.601. The number of aliphatic hydroxyl groups excluding tert-OH is 1. The van der Waals surface area contributed by atoms with Crippen LogP contribution in [0.5, 0.6) is 0 Å². The highest BCUT2D eigenvalue weighted by molar-refractivity contribution is 7.92. The second kappa shape index (κ2) is 8.55. The molecule has 0 bridgehead atoms. The number of sulfonamides is 1. The van der Waals surface area contributed by atoms with Crippen LogP contribution in [0.15, 0.2) is 53.4 Å². The molecule has 0 aliphatic heterocycles. The van der Waals surface area contributed by atoms with Gasteiger partial charge in [-0.2, -0.15) is 0 Å². The lowest BCUT2D eigenvalue weighted by atomic mass is 9.82. The summed E-state index contributed by atoms with van der Waals surface area (Å²) in [5.41, 5.74) is 1.08. The number of carbonyl (C=O) groups excluding carboxylic acids is 1. The summed E-state index contributed by atoms with van der Waals surface area (Å²) in [5.74, 6) is -0.316. The molecule has 3 N–H and O–H groups in total. The zero-order valence-electron chi connectivity index (χ0n) is 17.6. The topological polar surface area (TPSA) is 95.5 Å². The number of anilines is 2. The second-order valence-corrected chi connectivity index (χ2v) is 10.1. The van der Waals surface area contributed by atoms with E-state index >= 15 is 0 Å². The van der Waals surface area contributed by atoms with Crippen molar-refractivity contribution < 1.29 is 18.3 Å². The lowest BCUT2D eigenvalue weighted by Gasteiger charge is -2.23. The van der Waals surface area contributed by atoms with Gasteiger partial charge in [0.15, 0.2) is 0 Å². The Morgan fingerprint density at radius 1 is 0.931 bits per heavy atom. The van der Waals surface area contributed by atoms with E-state index < -0.39 is 15.4 Å². The Kier molecular flexibility index (Phi) is 6.75. The Labute approximate surface area is 173 Å². The van der Waals surface area contributed by atoms with Crippen LogP contribution in [0.25, 0.3) is 0 Å². The number of benzene rings is 2. The fourth-order valence-electron chi connectivity index (χ4n) is 2.50. The third kappa shape index (κ3) is 5.58. The van der Waals surface area contributed by atoms with Crippen molar-refractivity contribution in [1.29, 1.82) is 0 Å². The van der Waals surface area contributed by atoms with Gasteiger partial charge in [-0.25, -0.2) is 8.42 Å². The van der Waals surface area contributed by atoms with Crippen LogP contribution in [-0.2, 0) is 20.2 Å². The van der Waals surface area contributed by atoms with Gasteiger partial charge >= 0.3 is 0 Å². The summed E-state index contributed by atoms with van der Waals surface area (Å²) in [7, 11) is -3.72. The number of amides is 1. The third-order valence-electron chi connectivity index (χ3n) is 5.23. The molecule has 0 aliphatic carbocycles. The van der Waals surface area contributed by atoms with Crippen LogP contribution < -0.4 is 10.0 Å². The van der Waals surface area contributed by atoms with E-state index in [0.717, 1.165) is 12.0 Å². The van der Waals surface area contributed by atoms with Crippen LogP contribution in [0.2, 0.25) is 0 Å². The molecule has 0 radical (unpaired) electrons. The lowest BCUT2D eigenvalue weighted by molar-refractivity contribution is -0.125. The van der Waals surface area contributed by atoms with Crippen molar-refractivity contribution in [2.24, 2.45) is 5.41 Å². The molecule has 2 rings (SSSR count). The van der Waals surface area contributed by atoms with Gasteiger partial charge in [-0.05, 0) is 67.6 Å². The number of aliphatic hydroxyl groups is 1. The highest BCUT2D eigenvalue weighted by Gasteiger charge is 2.26. The van der Waals surface area contributed by atoms with Gasteiger partial charge in [-0.15, -0.1) is 0 Å². The van der Waals surface area contributed by atoms with Gasteiger partial charge in [-0.1, -0.05) is 32.9 Å². The van der Waals surface area contributed by atoms with Crippen LogP contribution in [0.4, 0.5) is 11.4 Å². The van der Waals surface area contributed by atoms with Crippen molar-refractivity contribution in [3.05, 3.63) is 54.1 Å². The average molecular weight is 419 g/mol. The molecule has 7 heteroatoms. The summed E-state index contributed by atoms with van der Waals surface area (Å²) in [6, 6.07) is 13.3. The number of carbonyl (C=O) groups is 1. The van der Waals surface area contributed by atoms with E-state index in [1.54, 1.807) is 50.2 Å². The summed E-state index contributed by atoms with van der Waals surface area (Å²) in [6.45, 7) is 9.34. The van der Waals surface area contributed by atoms with Gasteiger partial charge in [-0.3, -0.25) is 9.52 Å². The first-order valence-electron chi connectivity index (χ1n) is 9.57. The highest BCUT2D eigenvalue weighted by atomic mass is 32.2. The molecular weight excluding hydrogens is 388 g/mol. The Morgan fingerprint density at radius 2 is 1.45 bits per heavy atom. The van der Waals surface area contributed by atoms with Gasteiger partial charge in [0.2, 0.25) is 5.91 Å². The first kappa shape index (κ1) is 22.9. The smallest absolute Gasteiger partial charge is 0.261 e. The average Bonchev–Trinajstić information content (AvgIpc) is 2.69. The molecule has 0 aliphatic rings. The normalized spacial score (nSPS) is 12.5. The summed E-state index contributed by atoms with van der Waals surface area (Å²) in [6.07, 6.45) is 0.954. The molecule has 0 heterocycles. The maximum absolute atomic E-state index is 12.7. The predicted octanol–water partition coefficient (Wildman–Crippen LogP) is 4.13. The molecule has 0 saturated heterocycles. The maximum atomic E-state index is 12.7.